The molecule has 1 aromatic rings. The highest BCUT2D eigenvalue weighted by molar-refractivity contribution is 5.27. The molecule has 0 spiro atoms. The van der Waals surface area contributed by atoms with Crippen molar-refractivity contribution >= 4 is 0 Å². The average Bonchev–Trinajstić information content (AvgIpc) is 2.97. The van der Waals surface area contributed by atoms with E-state index in [2.05, 4.69) is 36.1 Å². The monoisotopic (exact) mass is 585 g/mol. The molecule has 0 aliphatic rings. The standard InChI is InChI=1S/C32H59NO8/c1-4-5-6-7-8-9-10-31-11-13-32(14-12-31)41-30-29-40-28-27-39-26-25-38-24-23-37-22-21-36-20-19-35-18-17-34-16-15-33(2)3/h11-14H,4-10,15-30H2,1-3H3. The van der Waals surface area contributed by atoms with Gasteiger partial charge in [-0.3, -0.25) is 0 Å². The Morgan fingerprint density at radius 2 is 0.854 bits per heavy atom. The van der Waals surface area contributed by atoms with Crippen molar-refractivity contribution in [3.63, 3.8) is 0 Å². The van der Waals surface area contributed by atoms with Crippen LogP contribution in [0, 0.1) is 0 Å². The van der Waals surface area contributed by atoms with Gasteiger partial charge in [0.1, 0.15) is 12.4 Å². The second-order valence-corrected chi connectivity index (χ2v) is 10.1. The molecule has 1 rings (SSSR count). The zero-order valence-electron chi connectivity index (χ0n) is 26.3. The van der Waals surface area contributed by atoms with E-state index in [1.54, 1.807) is 0 Å². The molecule has 0 saturated heterocycles. The number of hydrogen-bond acceptors (Lipinski definition) is 9. The van der Waals surface area contributed by atoms with E-state index in [4.69, 9.17) is 37.9 Å². The van der Waals surface area contributed by atoms with E-state index >= 15 is 0 Å². The van der Waals surface area contributed by atoms with Crippen molar-refractivity contribution in [1.29, 1.82) is 0 Å². The van der Waals surface area contributed by atoms with Crippen LogP contribution in [0.3, 0.4) is 0 Å². The number of rotatable bonds is 32. The molecule has 1 aromatic carbocycles. The van der Waals surface area contributed by atoms with E-state index in [1.807, 2.05) is 14.1 Å². The maximum atomic E-state index is 5.76. The van der Waals surface area contributed by atoms with Crippen LogP contribution in [0.4, 0.5) is 0 Å². The number of ether oxygens (including phenoxy) is 8. The van der Waals surface area contributed by atoms with Gasteiger partial charge in [-0.15, -0.1) is 0 Å². The Balaban J connectivity index is 1.74. The summed E-state index contributed by atoms with van der Waals surface area (Å²) in [7, 11) is 4.05. The molecule has 0 heterocycles. The van der Waals surface area contributed by atoms with E-state index in [1.165, 1.54) is 44.1 Å². The zero-order chi connectivity index (χ0) is 29.5. The molecule has 0 aliphatic carbocycles. The molecule has 0 saturated carbocycles. The summed E-state index contributed by atoms with van der Waals surface area (Å²) in [6.45, 7) is 11.6. The highest BCUT2D eigenvalue weighted by atomic mass is 16.6. The van der Waals surface area contributed by atoms with E-state index < -0.39 is 0 Å². The third kappa shape index (κ3) is 27.3. The lowest BCUT2D eigenvalue weighted by molar-refractivity contribution is -0.0214. The largest absolute Gasteiger partial charge is 0.491 e. The molecule has 0 atom stereocenters. The van der Waals surface area contributed by atoms with E-state index in [-0.39, 0.29) is 0 Å². The Bertz CT molecular complexity index is 647. The molecule has 240 valence electrons. The van der Waals surface area contributed by atoms with Crippen LogP contribution in [-0.4, -0.2) is 125 Å². The Morgan fingerprint density at radius 3 is 1.29 bits per heavy atom. The summed E-state index contributed by atoms with van der Waals surface area (Å²) < 4.78 is 44.2. The van der Waals surface area contributed by atoms with Gasteiger partial charge in [-0.2, -0.15) is 0 Å². The van der Waals surface area contributed by atoms with Crippen molar-refractivity contribution in [3.8, 4) is 5.75 Å². The van der Waals surface area contributed by atoms with Crippen LogP contribution in [0.5, 0.6) is 5.75 Å². The van der Waals surface area contributed by atoms with Crippen LogP contribution >= 0.6 is 0 Å². The predicted octanol–water partition coefficient (Wildman–Crippen LogP) is 4.65. The van der Waals surface area contributed by atoms with Crippen molar-refractivity contribution in [2.45, 2.75) is 51.9 Å². The van der Waals surface area contributed by atoms with E-state index in [0.29, 0.717) is 92.5 Å². The SMILES string of the molecule is CCCCCCCCc1ccc(OCCOCCOCCOCCOCCOCCOCCOCCN(C)C)cc1. The van der Waals surface area contributed by atoms with Crippen LogP contribution in [-0.2, 0) is 39.6 Å². The molecule has 0 bridgehead atoms. The fraction of sp³-hybridized carbons (Fsp3) is 0.812. The summed E-state index contributed by atoms with van der Waals surface area (Å²) in [5.41, 5.74) is 1.38. The van der Waals surface area contributed by atoms with Gasteiger partial charge in [-0.25, -0.2) is 0 Å². The maximum Gasteiger partial charge on any atom is 0.119 e. The lowest BCUT2D eigenvalue weighted by Crippen LogP contribution is -2.19. The number of nitrogens with zero attached hydrogens (tertiary/aromatic N) is 1. The van der Waals surface area contributed by atoms with Crippen LogP contribution in [0.15, 0.2) is 24.3 Å². The lowest BCUT2D eigenvalue weighted by atomic mass is 10.0. The summed E-state index contributed by atoms with van der Waals surface area (Å²) >= 11 is 0. The predicted molar refractivity (Wildman–Crippen MR) is 163 cm³/mol. The summed E-state index contributed by atoms with van der Waals surface area (Å²) in [6, 6.07) is 8.45. The first-order chi connectivity index (χ1) is 20.2. The molecule has 41 heavy (non-hydrogen) atoms. The summed E-state index contributed by atoms with van der Waals surface area (Å²) in [5.74, 6) is 0.892. The van der Waals surface area contributed by atoms with Crippen molar-refractivity contribution in [3.05, 3.63) is 29.8 Å². The summed E-state index contributed by atoms with van der Waals surface area (Å²) in [6.07, 6.45) is 9.13. The second-order valence-electron chi connectivity index (χ2n) is 10.1. The molecular weight excluding hydrogens is 526 g/mol. The van der Waals surface area contributed by atoms with Crippen LogP contribution in [0.25, 0.3) is 0 Å². The molecule has 0 N–H and O–H groups in total. The van der Waals surface area contributed by atoms with Gasteiger partial charge in [0.2, 0.25) is 0 Å². The number of hydrogen-bond donors (Lipinski definition) is 0. The summed E-state index contributed by atoms with van der Waals surface area (Å²) in [4.78, 5) is 2.09. The molecule has 0 fully saturated rings. The number of aryl methyl sites for hydroxylation is 1. The van der Waals surface area contributed by atoms with E-state index in [9.17, 15) is 0 Å². The number of likely N-dealkylation sites (N-methyl/N-ethyl adjacent to an activating group) is 1. The second kappa shape index (κ2) is 30.2. The maximum absolute atomic E-state index is 5.76. The van der Waals surface area contributed by atoms with E-state index in [0.717, 1.165) is 25.3 Å². The Kier molecular flexibility index (Phi) is 27.8. The quantitative estimate of drug-likeness (QED) is 0.112. The fourth-order valence-corrected chi connectivity index (χ4v) is 3.75. The lowest BCUT2D eigenvalue weighted by Gasteiger charge is -2.10. The third-order valence-electron chi connectivity index (χ3n) is 6.15. The Labute approximate surface area is 250 Å². The van der Waals surface area contributed by atoms with Gasteiger partial charge in [-0.05, 0) is 44.6 Å². The number of unbranched alkanes of at least 4 members (excludes halogenated alkanes) is 5. The van der Waals surface area contributed by atoms with Crippen LogP contribution in [0.2, 0.25) is 0 Å². The first-order valence-electron chi connectivity index (χ1n) is 15.6. The topological polar surface area (TPSA) is 77.1 Å². The van der Waals surface area contributed by atoms with Gasteiger partial charge in [-0.1, -0.05) is 51.2 Å². The molecule has 0 aromatic heterocycles. The zero-order valence-corrected chi connectivity index (χ0v) is 26.3. The fourth-order valence-electron chi connectivity index (χ4n) is 3.75. The minimum Gasteiger partial charge on any atom is -0.491 e. The van der Waals surface area contributed by atoms with Crippen molar-refractivity contribution in [1.82, 2.24) is 4.90 Å². The van der Waals surface area contributed by atoms with Crippen molar-refractivity contribution in [2.75, 3.05) is 120 Å². The molecule has 0 amide bonds. The average molecular weight is 586 g/mol. The molecular formula is C32H59NO8. The van der Waals surface area contributed by atoms with Gasteiger partial charge in [0.05, 0.1) is 92.5 Å². The van der Waals surface area contributed by atoms with Crippen LogP contribution < -0.4 is 4.74 Å². The minimum atomic E-state index is 0.533. The van der Waals surface area contributed by atoms with Crippen molar-refractivity contribution < 1.29 is 37.9 Å². The smallest absolute Gasteiger partial charge is 0.119 e. The third-order valence-corrected chi connectivity index (χ3v) is 6.15. The highest BCUT2D eigenvalue weighted by Gasteiger charge is 1.99. The Morgan fingerprint density at radius 1 is 0.463 bits per heavy atom. The first kappa shape index (κ1) is 37.7. The van der Waals surface area contributed by atoms with Gasteiger partial charge < -0.3 is 42.8 Å². The molecule has 0 unspecified atom stereocenters. The molecule has 9 heteroatoms. The Hall–Kier alpha value is -1.30. The first-order valence-corrected chi connectivity index (χ1v) is 15.6. The van der Waals surface area contributed by atoms with Gasteiger partial charge in [0, 0.05) is 6.54 Å². The van der Waals surface area contributed by atoms with Gasteiger partial charge in [0.25, 0.3) is 0 Å². The van der Waals surface area contributed by atoms with Gasteiger partial charge >= 0.3 is 0 Å². The van der Waals surface area contributed by atoms with Crippen LogP contribution in [0.1, 0.15) is 51.0 Å². The van der Waals surface area contributed by atoms with Crippen molar-refractivity contribution in [2.24, 2.45) is 0 Å². The highest BCUT2D eigenvalue weighted by Crippen LogP contribution is 2.15. The summed E-state index contributed by atoms with van der Waals surface area (Å²) in [5, 5.41) is 0. The molecule has 0 aliphatic heterocycles. The normalized spacial score (nSPS) is 11.5. The number of benzene rings is 1. The molecule has 9 nitrogen and oxygen atoms in total. The van der Waals surface area contributed by atoms with Gasteiger partial charge in [0.15, 0.2) is 0 Å². The minimum absolute atomic E-state index is 0.533. The molecule has 0 radical (unpaired) electrons.